The maximum atomic E-state index is 11.9. The van der Waals surface area contributed by atoms with Crippen molar-refractivity contribution in [1.82, 2.24) is 9.88 Å². The lowest BCUT2D eigenvalue weighted by Gasteiger charge is -2.27. The van der Waals surface area contributed by atoms with E-state index in [0.717, 1.165) is 5.69 Å². The first-order valence-electron chi connectivity index (χ1n) is 6.12. The molecule has 0 aliphatic carbocycles. The van der Waals surface area contributed by atoms with E-state index in [0.29, 0.717) is 6.54 Å². The smallest absolute Gasteiger partial charge is 0.323 e. The van der Waals surface area contributed by atoms with E-state index in [4.69, 9.17) is 4.74 Å². The van der Waals surface area contributed by atoms with Crippen LogP contribution in [0.1, 0.15) is 33.4 Å². The van der Waals surface area contributed by atoms with E-state index in [2.05, 4.69) is 4.98 Å². The monoisotopic (exact) mass is 250 g/mol. The van der Waals surface area contributed by atoms with Crippen molar-refractivity contribution in [3.63, 3.8) is 0 Å². The normalized spacial score (nSPS) is 13.4. The van der Waals surface area contributed by atoms with Gasteiger partial charge in [-0.15, -0.1) is 0 Å². The zero-order chi connectivity index (χ0) is 13.8. The van der Waals surface area contributed by atoms with Gasteiger partial charge in [0.05, 0.1) is 5.69 Å². The summed E-state index contributed by atoms with van der Waals surface area (Å²) in [4.78, 5) is 18.1. The Morgan fingerprint density at radius 1 is 1.44 bits per heavy atom. The summed E-state index contributed by atoms with van der Waals surface area (Å²) in [7, 11) is 1.89. The SMILES string of the molecule is C[C@@H](C(=O)OC(C)(C)C)N(C)Cc1ccccn1. The van der Waals surface area contributed by atoms with Crippen LogP contribution in [0.3, 0.4) is 0 Å². The Bertz CT molecular complexity index is 385. The molecule has 0 amide bonds. The molecule has 1 aromatic rings. The average Bonchev–Trinajstić information content (AvgIpc) is 2.27. The van der Waals surface area contributed by atoms with E-state index in [1.54, 1.807) is 6.20 Å². The lowest BCUT2D eigenvalue weighted by atomic mass is 10.2. The number of ether oxygens (including phenoxy) is 1. The molecule has 0 saturated carbocycles. The fourth-order valence-electron chi connectivity index (χ4n) is 1.45. The number of carbonyl (C=O) groups excluding carboxylic acids is 1. The molecule has 0 aliphatic heterocycles. The van der Waals surface area contributed by atoms with Gasteiger partial charge in [-0.05, 0) is 46.9 Å². The molecule has 0 radical (unpaired) electrons. The predicted molar refractivity (Wildman–Crippen MR) is 71.0 cm³/mol. The minimum atomic E-state index is -0.447. The summed E-state index contributed by atoms with van der Waals surface area (Å²) in [5, 5.41) is 0. The Labute approximate surface area is 109 Å². The first-order valence-corrected chi connectivity index (χ1v) is 6.12. The second-order valence-electron chi connectivity index (χ2n) is 5.45. The molecular formula is C14H22N2O2. The van der Waals surface area contributed by atoms with Crippen molar-refractivity contribution in [2.75, 3.05) is 7.05 Å². The molecule has 0 N–H and O–H groups in total. The summed E-state index contributed by atoms with van der Waals surface area (Å²) in [5.41, 5.74) is 0.493. The van der Waals surface area contributed by atoms with E-state index in [1.807, 2.05) is 57.8 Å². The zero-order valence-electron chi connectivity index (χ0n) is 11.8. The van der Waals surface area contributed by atoms with Gasteiger partial charge in [0.15, 0.2) is 0 Å². The second kappa shape index (κ2) is 5.96. The van der Waals surface area contributed by atoms with Crippen molar-refractivity contribution in [2.24, 2.45) is 0 Å². The largest absolute Gasteiger partial charge is 0.459 e. The number of rotatable bonds is 4. The van der Waals surface area contributed by atoms with Crippen LogP contribution in [0.4, 0.5) is 0 Å². The molecule has 0 aliphatic rings. The molecule has 0 spiro atoms. The third-order valence-electron chi connectivity index (χ3n) is 2.55. The first-order chi connectivity index (χ1) is 8.29. The molecule has 1 rings (SSSR count). The highest BCUT2D eigenvalue weighted by Crippen LogP contribution is 2.11. The second-order valence-corrected chi connectivity index (χ2v) is 5.45. The van der Waals surface area contributed by atoms with Crippen molar-refractivity contribution in [3.05, 3.63) is 30.1 Å². The topological polar surface area (TPSA) is 42.4 Å². The van der Waals surface area contributed by atoms with E-state index >= 15 is 0 Å². The van der Waals surface area contributed by atoms with Gasteiger partial charge in [0.1, 0.15) is 11.6 Å². The fourth-order valence-corrected chi connectivity index (χ4v) is 1.45. The van der Waals surface area contributed by atoms with Crippen LogP contribution in [-0.2, 0) is 16.1 Å². The van der Waals surface area contributed by atoms with Gasteiger partial charge in [0.2, 0.25) is 0 Å². The number of esters is 1. The lowest BCUT2D eigenvalue weighted by Crippen LogP contribution is -2.40. The van der Waals surface area contributed by atoms with Crippen LogP contribution in [0.2, 0.25) is 0 Å². The van der Waals surface area contributed by atoms with E-state index in [-0.39, 0.29) is 12.0 Å². The summed E-state index contributed by atoms with van der Waals surface area (Å²) >= 11 is 0. The third kappa shape index (κ3) is 4.84. The highest BCUT2D eigenvalue weighted by Gasteiger charge is 2.24. The standard InChI is InChI=1S/C14H22N2O2/c1-11(13(17)18-14(2,3)4)16(5)10-12-8-6-7-9-15-12/h6-9,11H,10H2,1-5H3/t11-/m0/s1. The van der Waals surface area contributed by atoms with Gasteiger partial charge in [0, 0.05) is 12.7 Å². The van der Waals surface area contributed by atoms with Crippen molar-refractivity contribution in [2.45, 2.75) is 45.9 Å². The number of pyridine rings is 1. The predicted octanol–water partition coefficient (Wildman–Crippen LogP) is 2.24. The van der Waals surface area contributed by atoms with Crippen LogP contribution in [0, 0.1) is 0 Å². The average molecular weight is 250 g/mol. The number of aromatic nitrogens is 1. The molecule has 0 bridgehead atoms. The van der Waals surface area contributed by atoms with Gasteiger partial charge >= 0.3 is 5.97 Å². The number of hydrogen-bond acceptors (Lipinski definition) is 4. The van der Waals surface area contributed by atoms with Gasteiger partial charge in [-0.25, -0.2) is 0 Å². The minimum absolute atomic E-state index is 0.207. The number of hydrogen-bond donors (Lipinski definition) is 0. The van der Waals surface area contributed by atoms with Crippen molar-refractivity contribution in [1.29, 1.82) is 0 Å². The first kappa shape index (κ1) is 14.6. The summed E-state index contributed by atoms with van der Waals surface area (Å²) in [6, 6.07) is 5.47. The maximum absolute atomic E-state index is 11.9. The molecule has 4 nitrogen and oxygen atoms in total. The zero-order valence-corrected chi connectivity index (χ0v) is 11.8. The molecule has 0 aromatic carbocycles. The molecule has 18 heavy (non-hydrogen) atoms. The highest BCUT2D eigenvalue weighted by atomic mass is 16.6. The van der Waals surface area contributed by atoms with E-state index in [1.165, 1.54) is 0 Å². The van der Waals surface area contributed by atoms with E-state index in [9.17, 15) is 4.79 Å². The van der Waals surface area contributed by atoms with Crippen LogP contribution in [0.25, 0.3) is 0 Å². The summed E-state index contributed by atoms with van der Waals surface area (Å²) < 4.78 is 5.36. The number of nitrogens with zero attached hydrogens (tertiary/aromatic N) is 2. The van der Waals surface area contributed by atoms with Gasteiger partial charge in [0.25, 0.3) is 0 Å². The molecule has 4 heteroatoms. The quantitative estimate of drug-likeness (QED) is 0.769. The van der Waals surface area contributed by atoms with Gasteiger partial charge in [-0.1, -0.05) is 6.07 Å². The fraction of sp³-hybridized carbons (Fsp3) is 0.571. The Hall–Kier alpha value is -1.42. The van der Waals surface area contributed by atoms with Crippen LogP contribution >= 0.6 is 0 Å². The van der Waals surface area contributed by atoms with Crippen LogP contribution in [0.5, 0.6) is 0 Å². The Balaban J connectivity index is 2.56. The molecular weight excluding hydrogens is 228 g/mol. The third-order valence-corrected chi connectivity index (χ3v) is 2.55. The molecule has 1 heterocycles. The van der Waals surface area contributed by atoms with Gasteiger partial charge < -0.3 is 4.74 Å². The highest BCUT2D eigenvalue weighted by molar-refractivity contribution is 5.75. The van der Waals surface area contributed by atoms with Crippen molar-refractivity contribution in [3.8, 4) is 0 Å². The number of likely N-dealkylation sites (N-methyl/N-ethyl adjacent to an activating group) is 1. The van der Waals surface area contributed by atoms with Crippen LogP contribution in [0.15, 0.2) is 24.4 Å². The van der Waals surface area contributed by atoms with Crippen molar-refractivity contribution >= 4 is 5.97 Å². The molecule has 0 unspecified atom stereocenters. The summed E-state index contributed by atoms with van der Waals surface area (Å²) in [6.45, 7) is 8.08. The molecule has 0 saturated heterocycles. The minimum Gasteiger partial charge on any atom is -0.459 e. The Morgan fingerprint density at radius 2 is 2.11 bits per heavy atom. The maximum Gasteiger partial charge on any atom is 0.323 e. The van der Waals surface area contributed by atoms with Crippen LogP contribution in [-0.4, -0.2) is 34.5 Å². The molecule has 100 valence electrons. The molecule has 1 aromatic heterocycles. The van der Waals surface area contributed by atoms with Gasteiger partial charge in [-0.2, -0.15) is 0 Å². The van der Waals surface area contributed by atoms with Crippen LogP contribution < -0.4 is 0 Å². The Morgan fingerprint density at radius 3 is 2.61 bits per heavy atom. The lowest BCUT2D eigenvalue weighted by molar-refractivity contribution is -0.160. The van der Waals surface area contributed by atoms with Crippen molar-refractivity contribution < 1.29 is 9.53 Å². The summed E-state index contributed by atoms with van der Waals surface area (Å²) in [5.74, 6) is -0.207. The summed E-state index contributed by atoms with van der Waals surface area (Å²) in [6.07, 6.45) is 1.75. The Kier molecular flexibility index (Phi) is 4.84. The van der Waals surface area contributed by atoms with Gasteiger partial charge in [-0.3, -0.25) is 14.7 Å². The van der Waals surface area contributed by atoms with E-state index < -0.39 is 5.60 Å². The number of carbonyl (C=O) groups is 1. The molecule has 1 atom stereocenters. The molecule has 0 fully saturated rings.